The molecule has 9 rings (SSSR count). The van der Waals surface area contributed by atoms with Gasteiger partial charge in [-0.25, -0.2) is 0 Å². The summed E-state index contributed by atoms with van der Waals surface area (Å²) < 4.78 is 0. The number of fused-ring (bicyclic) bond motifs is 3. The van der Waals surface area contributed by atoms with Gasteiger partial charge < -0.3 is 9.97 Å². The molecule has 0 unspecified atom stereocenters. The van der Waals surface area contributed by atoms with Crippen LogP contribution in [0.1, 0.15) is 16.7 Å². The number of hydrogen-bond acceptors (Lipinski definition) is 2. The van der Waals surface area contributed by atoms with Crippen molar-refractivity contribution in [3.8, 4) is 55.9 Å². The first-order valence-electron chi connectivity index (χ1n) is 18.0. The van der Waals surface area contributed by atoms with Gasteiger partial charge in [-0.1, -0.05) is 128 Å². The van der Waals surface area contributed by atoms with E-state index >= 15 is 0 Å². The molecule has 3 heteroatoms. The fourth-order valence-electron chi connectivity index (χ4n) is 6.94. The normalized spacial score (nSPS) is 10.7. The Morgan fingerprint density at radius 2 is 0.981 bits per heavy atom. The van der Waals surface area contributed by atoms with E-state index in [4.69, 9.17) is 4.98 Å². The Bertz CT molecular complexity index is 2680. The first-order valence-corrected chi connectivity index (χ1v) is 18.0. The van der Waals surface area contributed by atoms with Gasteiger partial charge in [-0.3, -0.25) is 0 Å². The second-order valence-electron chi connectivity index (χ2n) is 13.5. The fraction of sp³-hybridized carbons (Fsp3) is 0.0588. The Morgan fingerprint density at radius 1 is 0.426 bits per heavy atom. The van der Waals surface area contributed by atoms with Crippen LogP contribution in [0.4, 0.5) is 0 Å². The van der Waals surface area contributed by atoms with Gasteiger partial charge in [0.05, 0.1) is 0 Å². The van der Waals surface area contributed by atoms with Gasteiger partial charge in [0.15, 0.2) is 0 Å². The second kappa shape index (κ2) is 16.4. The molecular weight excluding hydrogens is 833 g/mol. The summed E-state index contributed by atoms with van der Waals surface area (Å²) in [5.74, 6) is 0. The van der Waals surface area contributed by atoms with E-state index in [1.165, 1.54) is 71.6 Å². The first-order chi connectivity index (χ1) is 26.0. The van der Waals surface area contributed by atoms with E-state index in [2.05, 4.69) is 177 Å². The fourth-order valence-corrected chi connectivity index (χ4v) is 6.94. The van der Waals surface area contributed by atoms with Crippen LogP contribution in [0.3, 0.4) is 0 Å². The average molecular weight is 871 g/mol. The average Bonchev–Trinajstić information content (AvgIpc) is 3.22. The molecule has 263 valence electrons. The number of pyridine rings is 2. The van der Waals surface area contributed by atoms with Crippen molar-refractivity contribution < 1.29 is 20.1 Å². The SMILES string of the molecule is Cc1c[c-]c(-c2cc(-c3ccccc3)c(C)cn2)cc1.Cc1cnc(-c2[c-]ccc(-c3cc4ccccc4c4ccccc34)c2)cc1-c1ccccc1.[Ir]. The number of nitrogens with zero attached hydrogens (tertiary/aromatic N) is 2. The van der Waals surface area contributed by atoms with E-state index in [9.17, 15) is 0 Å². The minimum absolute atomic E-state index is 0. The van der Waals surface area contributed by atoms with Gasteiger partial charge in [-0.05, 0) is 91.8 Å². The van der Waals surface area contributed by atoms with E-state index in [1.807, 2.05) is 36.7 Å². The van der Waals surface area contributed by atoms with Crippen LogP contribution in [0, 0.1) is 32.9 Å². The van der Waals surface area contributed by atoms with Gasteiger partial charge >= 0.3 is 0 Å². The monoisotopic (exact) mass is 871 g/mol. The summed E-state index contributed by atoms with van der Waals surface area (Å²) in [6.07, 6.45) is 3.90. The zero-order valence-electron chi connectivity index (χ0n) is 30.5. The van der Waals surface area contributed by atoms with Crippen molar-refractivity contribution in [3.05, 3.63) is 205 Å². The third-order valence-electron chi connectivity index (χ3n) is 9.78. The number of hydrogen-bond donors (Lipinski definition) is 0. The summed E-state index contributed by atoms with van der Waals surface area (Å²) in [5.41, 5.74) is 14.8. The maximum atomic E-state index is 4.75. The van der Waals surface area contributed by atoms with Gasteiger partial charge in [-0.2, -0.15) is 0 Å². The van der Waals surface area contributed by atoms with Crippen molar-refractivity contribution in [1.29, 1.82) is 0 Å². The molecule has 0 atom stereocenters. The largest absolute Gasteiger partial charge is 0.304 e. The van der Waals surface area contributed by atoms with Crippen molar-refractivity contribution in [3.63, 3.8) is 0 Å². The number of rotatable bonds is 5. The molecule has 9 aromatic rings. The molecule has 0 aliphatic carbocycles. The third kappa shape index (κ3) is 7.70. The molecule has 0 aliphatic heterocycles. The Labute approximate surface area is 331 Å². The molecule has 2 aromatic heterocycles. The van der Waals surface area contributed by atoms with Gasteiger partial charge in [-0.15, -0.1) is 70.8 Å². The van der Waals surface area contributed by atoms with Crippen LogP contribution >= 0.6 is 0 Å². The maximum absolute atomic E-state index is 4.75. The van der Waals surface area contributed by atoms with Crippen molar-refractivity contribution in [2.75, 3.05) is 0 Å². The van der Waals surface area contributed by atoms with Gasteiger partial charge in [0.1, 0.15) is 0 Å². The van der Waals surface area contributed by atoms with Crippen LogP contribution in [0.5, 0.6) is 0 Å². The minimum atomic E-state index is 0. The van der Waals surface area contributed by atoms with E-state index < -0.39 is 0 Å². The molecular formula is C51H38IrN2-2. The standard InChI is InChI=1S/C32H22N.C19H16N.Ir/c1-22-21-33-32(20-30(22)23-10-3-2-4-11-23)26-14-9-13-24(18-26)31-19-25-12-5-6-15-27(25)28-16-7-8-17-29(28)31;1-14-8-10-17(11-9-14)19-12-18(15(2)13-20-19)16-6-4-3-5-7-16;/h2-13,15-21H,1H3;3-10,12-13H,1-2H3;/q2*-1;. The van der Waals surface area contributed by atoms with Gasteiger partial charge in [0.25, 0.3) is 0 Å². The summed E-state index contributed by atoms with van der Waals surface area (Å²) in [5, 5.41) is 5.07. The van der Waals surface area contributed by atoms with Crippen molar-refractivity contribution in [1.82, 2.24) is 9.97 Å². The molecule has 1 radical (unpaired) electrons. The number of benzene rings is 7. The molecule has 7 aromatic carbocycles. The van der Waals surface area contributed by atoms with E-state index in [0.29, 0.717) is 0 Å². The molecule has 0 fully saturated rings. The van der Waals surface area contributed by atoms with Crippen molar-refractivity contribution in [2.24, 2.45) is 0 Å². The molecule has 0 spiro atoms. The second-order valence-corrected chi connectivity index (χ2v) is 13.5. The molecule has 0 amide bonds. The summed E-state index contributed by atoms with van der Waals surface area (Å²) >= 11 is 0. The molecule has 54 heavy (non-hydrogen) atoms. The van der Waals surface area contributed by atoms with Crippen LogP contribution in [0.25, 0.3) is 77.4 Å². The summed E-state index contributed by atoms with van der Waals surface area (Å²) in [7, 11) is 0. The first kappa shape index (κ1) is 36.4. The van der Waals surface area contributed by atoms with Gasteiger partial charge in [0, 0.05) is 32.5 Å². The Kier molecular flexibility index (Phi) is 11.0. The van der Waals surface area contributed by atoms with E-state index in [1.54, 1.807) is 0 Å². The smallest absolute Gasteiger partial charge is 0.0196 e. The molecule has 0 aliphatic rings. The van der Waals surface area contributed by atoms with Crippen molar-refractivity contribution in [2.45, 2.75) is 20.8 Å². The predicted octanol–water partition coefficient (Wildman–Crippen LogP) is 13.3. The van der Waals surface area contributed by atoms with E-state index in [0.717, 1.165) is 22.5 Å². The summed E-state index contributed by atoms with van der Waals surface area (Å²) in [6.45, 7) is 6.27. The molecule has 2 nitrogen and oxygen atoms in total. The number of aryl methyl sites for hydroxylation is 3. The molecule has 0 saturated carbocycles. The maximum Gasteiger partial charge on any atom is 0.0196 e. The van der Waals surface area contributed by atoms with Crippen LogP contribution < -0.4 is 0 Å². The van der Waals surface area contributed by atoms with Crippen LogP contribution in [-0.4, -0.2) is 9.97 Å². The summed E-state index contributed by atoms with van der Waals surface area (Å²) in [4.78, 5) is 9.28. The number of aromatic nitrogens is 2. The van der Waals surface area contributed by atoms with Crippen LogP contribution in [0.15, 0.2) is 176 Å². The Morgan fingerprint density at radius 3 is 1.59 bits per heavy atom. The Balaban J connectivity index is 0.000000184. The van der Waals surface area contributed by atoms with Crippen molar-refractivity contribution >= 4 is 21.5 Å². The molecule has 0 saturated heterocycles. The molecule has 0 N–H and O–H groups in total. The quantitative estimate of drug-likeness (QED) is 0.127. The summed E-state index contributed by atoms with van der Waals surface area (Å²) in [6, 6.07) is 64.0. The predicted molar refractivity (Wildman–Crippen MR) is 223 cm³/mol. The minimum Gasteiger partial charge on any atom is -0.304 e. The molecule has 2 heterocycles. The third-order valence-corrected chi connectivity index (χ3v) is 9.78. The van der Waals surface area contributed by atoms with Gasteiger partial charge in [0.2, 0.25) is 0 Å². The zero-order chi connectivity index (χ0) is 36.1. The zero-order valence-corrected chi connectivity index (χ0v) is 32.9. The molecule has 0 bridgehead atoms. The Hall–Kier alpha value is -5.99. The van der Waals surface area contributed by atoms with Crippen LogP contribution in [-0.2, 0) is 20.1 Å². The van der Waals surface area contributed by atoms with Crippen LogP contribution in [0.2, 0.25) is 0 Å². The van der Waals surface area contributed by atoms with E-state index in [-0.39, 0.29) is 20.1 Å². The topological polar surface area (TPSA) is 25.8 Å².